The molecule has 118 valence electrons. The third kappa shape index (κ3) is 3.74. The summed E-state index contributed by atoms with van der Waals surface area (Å²) in [5.41, 5.74) is -0.0230. The largest absolute Gasteiger partial charge is 0.481 e. The van der Waals surface area contributed by atoms with Crippen LogP contribution in [-0.2, 0) is 10.2 Å². The maximum atomic E-state index is 11.3. The van der Waals surface area contributed by atoms with Gasteiger partial charge in [0.25, 0.3) is 0 Å². The summed E-state index contributed by atoms with van der Waals surface area (Å²) in [5, 5.41) is 15.3. The Morgan fingerprint density at radius 2 is 2.14 bits per heavy atom. The van der Waals surface area contributed by atoms with Crippen LogP contribution in [0.1, 0.15) is 39.3 Å². The molecule has 0 bridgehead atoms. The van der Waals surface area contributed by atoms with Crippen molar-refractivity contribution < 1.29 is 9.90 Å². The van der Waals surface area contributed by atoms with E-state index >= 15 is 0 Å². The van der Waals surface area contributed by atoms with Crippen molar-refractivity contribution in [1.29, 1.82) is 0 Å². The van der Waals surface area contributed by atoms with Gasteiger partial charge in [-0.1, -0.05) is 6.92 Å². The molecule has 2 heterocycles. The summed E-state index contributed by atoms with van der Waals surface area (Å²) in [4.78, 5) is 18.1. The van der Waals surface area contributed by atoms with Crippen molar-refractivity contribution >= 4 is 22.4 Å². The molecule has 1 fully saturated rings. The Bertz CT molecular complexity index is 505. The smallest absolute Gasteiger partial charge is 0.315 e. The number of carbonyl (C=O) groups is 1. The summed E-state index contributed by atoms with van der Waals surface area (Å²) in [6, 6.07) is 0. The first-order chi connectivity index (χ1) is 9.73. The SMILES string of the molecule is CN1CCC(C)(CNc2nc(C(C)(C)C(=O)O)cs2)CC1. The highest BCUT2D eigenvalue weighted by atomic mass is 32.1. The lowest BCUT2D eigenvalue weighted by Gasteiger charge is -2.37. The highest BCUT2D eigenvalue weighted by Crippen LogP contribution is 2.32. The minimum absolute atomic E-state index is 0.292. The zero-order valence-electron chi connectivity index (χ0n) is 13.3. The molecule has 1 aromatic rings. The minimum Gasteiger partial charge on any atom is -0.481 e. The molecule has 0 spiro atoms. The number of aliphatic carboxylic acids is 1. The quantitative estimate of drug-likeness (QED) is 0.875. The fourth-order valence-electron chi connectivity index (χ4n) is 2.38. The van der Waals surface area contributed by atoms with E-state index in [9.17, 15) is 9.90 Å². The molecule has 2 N–H and O–H groups in total. The Hall–Kier alpha value is -1.14. The Morgan fingerprint density at radius 1 is 1.52 bits per heavy atom. The van der Waals surface area contributed by atoms with Crippen LogP contribution in [0.15, 0.2) is 5.38 Å². The fraction of sp³-hybridized carbons (Fsp3) is 0.733. The summed E-state index contributed by atoms with van der Waals surface area (Å²) >= 11 is 1.49. The standard InChI is InChI=1S/C15H25N3O2S/c1-14(2,12(19)20)11-9-21-13(17-11)16-10-15(3)5-7-18(4)8-6-15/h9H,5-8,10H2,1-4H3,(H,16,17)(H,19,20). The van der Waals surface area contributed by atoms with E-state index in [1.807, 2.05) is 5.38 Å². The van der Waals surface area contributed by atoms with Crippen LogP contribution < -0.4 is 5.32 Å². The number of piperidine rings is 1. The van der Waals surface area contributed by atoms with E-state index in [1.54, 1.807) is 13.8 Å². The van der Waals surface area contributed by atoms with Crippen molar-refractivity contribution in [3.8, 4) is 0 Å². The molecule has 0 saturated carbocycles. The van der Waals surface area contributed by atoms with Crippen LogP contribution in [0, 0.1) is 5.41 Å². The molecule has 1 aromatic heterocycles. The summed E-state index contributed by atoms with van der Waals surface area (Å²) in [6.45, 7) is 8.84. The first-order valence-corrected chi connectivity index (χ1v) is 8.23. The molecule has 0 atom stereocenters. The van der Waals surface area contributed by atoms with Gasteiger partial charge < -0.3 is 15.3 Å². The number of hydrogen-bond donors (Lipinski definition) is 2. The summed E-state index contributed by atoms with van der Waals surface area (Å²) < 4.78 is 0. The Kier molecular flexibility index (Phi) is 4.58. The first-order valence-electron chi connectivity index (χ1n) is 7.35. The van der Waals surface area contributed by atoms with E-state index in [1.165, 1.54) is 24.2 Å². The molecule has 0 radical (unpaired) electrons. The number of thiazole rings is 1. The van der Waals surface area contributed by atoms with E-state index in [2.05, 4.69) is 29.2 Å². The van der Waals surface area contributed by atoms with E-state index in [-0.39, 0.29) is 0 Å². The van der Waals surface area contributed by atoms with Crippen LogP contribution in [0.4, 0.5) is 5.13 Å². The molecule has 0 aliphatic carbocycles. The van der Waals surface area contributed by atoms with Gasteiger partial charge in [-0.05, 0) is 52.2 Å². The molecule has 1 aliphatic rings. The van der Waals surface area contributed by atoms with Crippen molar-refractivity contribution in [1.82, 2.24) is 9.88 Å². The van der Waals surface area contributed by atoms with Gasteiger partial charge in [-0.2, -0.15) is 0 Å². The van der Waals surface area contributed by atoms with Crippen LogP contribution in [0.3, 0.4) is 0 Å². The number of carboxylic acids is 1. The van der Waals surface area contributed by atoms with Crippen LogP contribution in [0.5, 0.6) is 0 Å². The van der Waals surface area contributed by atoms with E-state index in [0.29, 0.717) is 11.1 Å². The topological polar surface area (TPSA) is 65.5 Å². The molecule has 2 rings (SSSR count). The minimum atomic E-state index is -0.937. The number of likely N-dealkylation sites (tertiary alicyclic amines) is 1. The molecular weight excluding hydrogens is 286 g/mol. The number of aromatic nitrogens is 1. The molecule has 21 heavy (non-hydrogen) atoms. The maximum absolute atomic E-state index is 11.3. The zero-order chi connectivity index (χ0) is 15.7. The highest BCUT2D eigenvalue weighted by Gasteiger charge is 2.33. The first kappa shape index (κ1) is 16.2. The molecule has 0 unspecified atom stereocenters. The van der Waals surface area contributed by atoms with Crippen LogP contribution in [0.25, 0.3) is 0 Å². The van der Waals surface area contributed by atoms with Gasteiger partial charge >= 0.3 is 5.97 Å². The number of carboxylic acid groups (broad SMARTS) is 1. The second-order valence-electron chi connectivity index (χ2n) is 6.94. The summed E-state index contributed by atoms with van der Waals surface area (Å²) in [7, 11) is 2.16. The van der Waals surface area contributed by atoms with E-state index in [0.717, 1.165) is 24.8 Å². The lowest BCUT2D eigenvalue weighted by molar-refractivity contribution is -0.142. The van der Waals surface area contributed by atoms with Gasteiger partial charge in [-0.15, -0.1) is 11.3 Å². The predicted molar refractivity (Wildman–Crippen MR) is 86.1 cm³/mol. The normalized spacial score (nSPS) is 19.4. The van der Waals surface area contributed by atoms with Crippen LogP contribution in [0.2, 0.25) is 0 Å². The summed E-state index contributed by atoms with van der Waals surface area (Å²) in [6.07, 6.45) is 2.35. The second kappa shape index (κ2) is 5.93. The maximum Gasteiger partial charge on any atom is 0.315 e. The van der Waals surface area contributed by atoms with Gasteiger partial charge in [0.2, 0.25) is 0 Å². The van der Waals surface area contributed by atoms with Gasteiger partial charge in [0.15, 0.2) is 5.13 Å². The zero-order valence-corrected chi connectivity index (χ0v) is 14.1. The third-order valence-electron chi connectivity index (χ3n) is 4.54. The summed E-state index contributed by atoms with van der Waals surface area (Å²) in [5.74, 6) is -0.846. The van der Waals surface area contributed by atoms with Gasteiger partial charge in [0.1, 0.15) is 5.41 Å². The average Bonchev–Trinajstić information content (AvgIpc) is 2.90. The number of hydrogen-bond acceptors (Lipinski definition) is 5. The number of rotatable bonds is 5. The lowest BCUT2D eigenvalue weighted by atomic mass is 9.80. The van der Waals surface area contributed by atoms with Crippen molar-refractivity contribution in [2.75, 3.05) is 32.0 Å². The van der Waals surface area contributed by atoms with Crippen LogP contribution >= 0.6 is 11.3 Å². The molecular formula is C15H25N3O2S. The Labute approximate surface area is 130 Å². The Morgan fingerprint density at radius 3 is 2.71 bits per heavy atom. The molecule has 0 amide bonds. The van der Waals surface area contributed by atoms with Gasteiger partial charge in [-0.3, -0.25) is 4.79 Å². The van der Waals surface area contributed by atoms with Crippen molar-refractivity contribution in [2.24, 2.45) is 5.41 Å². The monoisotopic (exact) mass is 311 g/mol. The second-order valence-corrected chi connectivity index (χ2v) is 7.79. The van der Waals surface area contributed by atoms with E-state index in [4.69, 9.17) is 0 Å². The van der Waals surface area contributed by atoms with Crippen molar-refractivity contribution in [3.63, 3.8) is 0 Å². The molecule has 1 saturated heterocycles. The molecule has 1 aliphatic heterocycles. The van der Waals surface area contributed by atoms with Crippen molar-refractivity contribution in [2.45, 2.75) is 39.0 Å². The van der Waals surface area contributed by atoms with E-state index < -0.39 is 11.4 Å². The number of nitrogens with zero attached hydrogens (tertiary/aromatic N) is 2. The molecule has 0 aromatic carbocycles. The molecule has 5 nitrogen and oxygen atoms in total. The van der Waals surface area contributed by atoms with Crippen molar-refractivity contribution in [3.05, 3.63) is 11.1 Å². The highest BCUT2D eigenvalue weighted by molar-refractivity contribution is 7.13. The van der Waals surface area contributed by atoms with Crippen LogP contribution in [-0.4, -0.2) is 47.6 Å². The number of nitrogens with one attached hydrogen (secondary N) is 1. The lowest BCUT2D eigenvalue weighted by Crippen LogP contribution is -2.40. The van der Waals surface area contributed by atoms with Gasteiger partial charge in [0.05, 0.1) is 5.69 Å². The predicted octanol–water partition coefficient (Wildman–Crippen LogP) is 2.65. The fourth-order valence-corrected chi connectivity index (χ4v) is 3.25. The average molecular weight is 311 g/mol. The Balaban J connectivity index is 1.96. The van der Waals surface area contributed by atoms with Gasteiger partial charge in [-0.25, -0.2) is 4.98 Å². The third-order valence-corrected chi connectivity index (χ3v) is 5.34. The number of anilines is 1. The molecule has 6 heteroatoms. The van der Waals surface area contributed by atoms with Gasteiger partial charge in [0, 0.05) is 11.9 Å².